The van der Waals surface area contributed by atoms with Crippen LogP contribution >= 0.6 is 15.9 Å². The van der Waals surface area contributed by atoms with Crippen LogP contribution in [-0.4, -0.2) is 22.5 Å². The van der Waals surface area contributed by atoms with E-state index in [-0.39, 0.29) is 11.5 Å². The van der Waals surface area contributed by atoms with Gasteiger partial charge in [-0.1, -0.05) is 15.9 Å². The molecule has 6 heteroatoms. The maximum absolute atomic E-state index is 12.3. The van der Waals surface area contributed by atoms with Crippen LogP contribution < -0.4 is 0 Å². The SMILES string of the molecule is CC1(C)OC(=O)/C(=C/C(=O)c2c[nH]c3ccc(Br)cc23)O1. The number of halogens is 1. The number of ketones is 1. The topological polar surface area (TPSA) is 68.4 Å². The number of cyclic esters (lactones) is 1. The predicted octanol–water partition coefficient (Wildman–Crippen LogP) is 3.31. The molecule has 21 heavy (non-hydrogen) atoms. The lowest BCUT2D eigenvalue weighted by Gasteiger charge is -2.13. The largest absolute Gasteiger partial charge is 0.445 e. The molecule has 2 heterocycles. The molecular weight excluding hydrogens is 338 g/mol. The lowest BCUT2D eigenvalue weighted by molar-refractivity contribution is -0.159. The lowest BCUT2D eigenvalue weighted by Crippen LogP contribution is -2.19. The van der Waals surface area contributed by atoms with Crippen molar-refractivity contribution in [1.82, 2.24) is 4.98 Å². The van der Waals surface area contributed by atoms with Crippen LogP contribution in [0.25, 0.3) is 10.9 Å². The summed E-state index contributed by atoms with van der Waals surface area (Å²) < 4.78 is 11.2. The summed E-state index contributed by atoms with van der Waals surface area (Å²) in [5, 5.41) is 0.775. The zero-order chi connectivity index (χ0) is 15.2. The Kier molecular flexibility index (Phi) is 3.13. The van der Waals surface area contributed by atoms with Gasteiger partial charge in [0.2, 0.25) is 11.5 Å². The minimum Gasteiger partial charge on any atom is -0.445 e. The third-order valence-electron chi connectivity index (χ3n) is 3.07. The van der Waals surface area contributed by atoms with Gasteiger partial charge in [-0.25, -0.2) is 4.79 Å². The number of esters is 1. The van der Waals surface area contributed by atoms with E-state index in [0.717, 1.165) is 15.4 Å². The van der Waals surface area contributed by atoms with Crippen molar-refractivity contribution >= 4 is 38.6 Å². The van der Waals surface area contributed by atoms with Gasteiger partial charge in [0.25, 0.3) is 0 Å². The molecule has 1 aromatic carbocycles. The molecule has 1 aromatic heterocycles. The summed E-state index contributed by atoms with van der Waals surface area (Å²) in [7, 11) is 0. The normalized spacial score (nSPS) is 18.8. The van der Waals surface area contributed by atoms with Gasteiger partial charge < -0.3 is 14.5 Å². The number of fused-ring (bicyclic) bond motifs is 1. The smallest absolute Gasteiger partial charge is 0.377 e. The Hall–Kier alpha value is -2.08. The summed E-state index contributed by atoms with van der Waals surface area (Å²) in [6.07, 6.45) is 2.78. The van der Waals surface area contributed by atoms with Gasteiger partial charge in [0, 0.05) is 47.1 Å². The molecule has 1 fully saturated rings. The highest BCUT2D eigenvalue weighted by atomic mass is 79.9. The van der Waals surface area contributed by atoms with Gasteiger partial charge in [0.15, 0.2) is 5.78 Å². The fraction of sp³-hybridized carbons (Fsp3) is 0.200. The van der Waals surface area contributed by atoms with Crippen molar-refractivity contribution in [3.05, 3.63) is 46.3 Å². The number of benzene rings is 1. The number of aromatic amines is 1. The Labute approximate surface area is 129 Å². The average molecular weight is 350 g/mol. The number of nitrogens with one attached hydrogen (secondary N) is 1. The van der Waals surface area contributed by atoms with E-state index in [2.05, 4.69) is 20.9 Å². The van der Waals surface area contributed by atoms with Crippen LogP contribution in [0.15, 0.2) is 40.7 Å². The number of rotatable bonds is 2. The molecular formula is C15H12BrNO4. The van der Waals surface area contributed by atoms with Crippen molar-refractivity contribution < 1.29 is 19.1 Å². The fourth-order valence-corrected chi connectivity index (χ4v) is 2.54. The van der Waals surface area contributed by atoms with Crippen molar-refractivity contribution in [1.29, 1.82) is 0 Å². The Morgan fingerprint density at radius 3 is 2.76 bits per heavy atom. The Morgan fingerprint density at radius 2 is 2.10 bits per heavy atom. The summed E-state index contributed by atoms with van der Waals surface area (Å²) in [5.74, 6) is -2.06. The highest BCUT2D eigenvalue weighted by molar-refractivity contribution is 9.10. The Morgan fingerprint density at radius 1 is 1.33 bits per heavy atom. The van der Waals surface area contributed by atoms with E-state index >= 15 is 0 Å². The standard InChI is InChI=1S/C15H12BrNO4/c1-15(2)20-13(14(19)21-15)6-12(18)10-7-17-11-4-3-8(16)5-9(10)11/h3-7,17H,1-2H3/b13-6-. The summed E-state index contributed by atoms with van der Waals surface area (Å²) >= 11 is 3.37. The number of carbonyl (C=O) groups excluding carboxylic acids is 2. The van der Waals surface area contributed by atoms with Gasteiger partial charge in [-0.15, -0.1) is 0 Å². The number of hydrogen-bond acceptors (Lipinski definition) is 4. The van der Waals surface area contributed by atoms with Gasteiger partial charge in [-0.2, -0.15) is 0 Å². The highest BCUT2D eigenvalue weighted by Crippen LogP contribution is 2.28. The Bertz CT molecular complexity index is 788. The lowest BCUT2D eigenvalue weighted by atomic mass is 10.1. The molecule has 5 nitrogen and oxygen atoms in total. The molecule has 1 aliphatic rings. The number of aromatic nitrogens is 1. The molecule has 3 rings (SSSR count). The molecule has 1 saturated heterocycles. The molecule has 0 radical (unpaired) electrons. The van der Waals surface area contributed by atoms with Crippen molar-refractivity contribution in [2.75, 3.05) is 0 Å². The van der Waals surface area contributed by atoms with E-state index in [1.54, 1.807) is 20.0 Å². The molecule has 108 valence electrons. The molecule has 0 saturated carbocycles. The van der Waals surface area contributed by atoms with E-state index in [1.807, 2.05) is 18.2 Å². The monoisotopic (exact) mass is 349 g/mol. The van der Waals surface area contributed by atoms with Crippen molar-refractivity contribution in [3.63, 3.8) is 0 Å². The van der Waals surface area contributed by atoms with Crippen LogP contribution in [0.4, 0.5) is 0 Å². The van der Waals surface area contributed by atoms with Crippen LogP contribution in [0.3, 0.4) is 0 Å². The fourth-order valence-electron chi connectivity index (χ4n) is 2.18. The molecule has 0 amide bonds. The maximum atomic E-state index is 12.3. The van der Waals surface area contributed by atoms with E-state index in [4.69, 9.17) is 9.47 Å². The first-order valence-electron chi connectivity index (χ1n) is 6.31. The highest BCUT2D eigenvalue weighted by Gasteiger charge is 2.37. The van der Waals surface area contributed by atoms with E-state index in [9.17, 15) is 9.59 Å². The van der Waals surface area contributed by atoms with Gasteiger partial charge in [0.05, 0.1) is 0 Å². The number of H-pyrrole nitrogens is 1. The molecule has 0 bridgehead atoms. The molecule has 0 aliphatic carbocycles. The molecule has 1 N–H and O–H groups in total. The molecule has 2 aromatic rings. The van der Waals surface area contributed by atoms with Crippen LogP contribution in [0.2, 0.25) is 0 Å². The van der Waals surface area contributed by atoms with E-state index < -0.39 is 11.8 Å². The van der Waals surface area contributed by atoms with E-state index in [0.29, 0.717) is 5.56 Å². The average Bonchev–Trinajstić information content (AvgIpc) is 2.89. The summed E-state index contributed by atoms with van der Waals surface area (Å²) in [6.45, 7) is 3.22. The number of hydrogen-bond donors (Lipinski definition) is 1. The third-order valence-corrected chi connectivity index (χ3v) is 3.56. The molecule has 0 spiro atoms. The third kappa shape index (κ3) is 2.58. The number of ether oxygens (including phenoxy) is 2. The summed E-state index contributed by atoms with van der Waals surface area (Å²) in [4.78, 5) is 27.0. The van der Waals surface area contributed by atoms with Gasteiger partial charge in [-0.05, 0) is 18.2 Å². The minimum atomic E-state index is -1.04. The minimum absolute atomic E-state index is 0.0747. The van der Waals surface area contributed by atoms with Crippen LogP contribution in [0.1, 0.15) is 24.2 Å². The van der Waals surface area contributed by atoms with Crippen LogP contribution in [0, 0.1) is 0 Å². The van der Waals surface area contributed by atoms with Crippen molar-refractivity contribution in [2.45, 2.75) is 19.6 Å². The Balaban J connectivity index is 1.98. The van der Waals surface area contributed by atoms with Crippen molar-refractivity contribution in [3.8, 4) is 0 Å². The summed E-state index contributed by atoms with van der Waals surface area (Å²) in [5.41, 5.74) is 1.31. The molecule has 0 atom stereocenters. The molecule has 1 aliphatic heterocycles. The van der Waals surface area contributed by atoms with Gasteiger partial charge in [-0.3, -0.25) is 4.79 Å². The molecule has 0 unspecified atom stereocenters. The van der Waals surface area contributed by atoms with Crippen LogP contribution in [-0.2, 0) is 14.3 Å². The van der Waals surface area contributed by atoms with Gasteiger partial charge in [0.1, 0.15) is 0 Å². The second-order valence-electron chi connectivity index (χ2n) is 5.16. The second kappa shape index (κ2) is 4.73. The van der Waals surface area contributed by atoms with Crippen molar-refractivity contribution in [2.24, 2.45) is 0 Å². The van der Waals surface area contributed by atoms with Crippen LogP contribution in [0.5, 0.6) is 0 Å². The second-order valence-corrected chi connectivity index (χ2v) is 6.07. The van der Waals surface area contributed by atoms with E-state index in [1.165, 1.54) is 6.08 Å². The zero-order valence-electron chi connectivity index (χ0n) is 11.4. The number of allylic oxidation sites excluding steroid dienone is 1. The quantitative estimate of drug-likeness (QED) is 0.513. The summed E-state index contributed by atoms with van der Waals surface area (Å²) in [6, 6.07) is 5.59. The van der Waals surface area contributed by atoms with Gasteiger partial charge >= 0.3 is 5.97 Å². The first kappa shape index (κ1) is 13.9. The zero-order valence-corrected chi connectivity index (χ0v) is 13.0. The maximum Gasteiger partial charge on any atom is 0.377 e. The first-order chi connectivity index (χ1) is 9.85. The predicted molar refractivity (Wildman–Crippen MR) is 79.7 cm³/mol. The number of carbonyl (C=O) groups is 2. The first-order valence-corrected chi connectivity index (χ1v) is 7.10.